The molecule has 0 bridgehead atoms. The number of nitrogens with zero attached hydrogens (tertiary/aromatic N) is 3. The number of benzene rings is 2. The molecule has 7 heteroatoms. The van der Waals surface area contributed by atoms with Crippen LogP contribution in [0.1, 0.15) is 25.3 Å². The van der Waals surface area contributed by atoms with E-state index in [1.807, 2.05) is 48.8 Å². The van der Waals surface area contributed by atoms with Crippen molar-refractivity contribution in [2.24, 2.45) is 0 Å². The number of anilines is 1. The first-order valence-corrected chi connectivity index (χ1v) is 12.4. The van der Waals surface area contributed by atoms with E-state index in [2.05, 4.69) is 21.8 Å². The molecule has 3 aromatic rings. The van der Waals surface area contributed by atoms with Crippen LogP contribution < -0.4 is 9.64 Å². The van der Waals surface area contributed by atoms with Crippen LogP contribution in [0.25, 0.3) is 11.1 Å². The van der Waals surface area contributed by atoms with Crippen LogP contribution in [0.15, 0.2) is 65.8 Å². The first-order valence-electron chi connectivity index (χ1n) is 10.6. The Morgan fingerprint density at radius 3 is 2.29 bits per heavy atom. The molecule has 1 aromatic heterocycles. The predicted molar refractivity (Wildman–Crippen MR) is 122 cm³/mol. The Balaban J connectivity index is 1.38. The van der Waals surface area contributed by atoms with Crippen molar-refractivity contribution in [3.63, 3.8) is 0 Å². The largest absolute Gasteiger partial charge is 0.490 e. The highest BCUT2D eigenvalue weighted by molar-refractivity contribution is 7.90. The maximum absolute atomic E-state index is 11.7. The lowest BCUT2D eigenvalue weighted by Crippen LogP contribution is -2.39. The molecule has 0 spiro atoms. The molecule has 1 aliphatic rings. The summed E-state index contributed by atoms with van der Waals surface area (Å²) in [7, 11) is -3.19. The van der Waals surface area contributed by atoms with Gasteiger partial charge in [-0.3, -0.25) is 0 Å². The summed E-state index contributed by atoms with van der Waals surface area (Å²) in [5.74, 6) is 1.61. The minimum atomic E-state index is -3.19. The zero-order valence-corrected chi connectivity index (χ0v) is 18.7. The van der Waals surface area contributed by atoms with E-state index in [9.17, 15) is 8.42 Å². The van der Waals surface area contributed by atoms with E-state index in [-0.39, 0.29) is 6.10 Å². The van der Waals surface area contributed by atoms with E-state index in [4.69, 9.17) is 4.74 Å². The molecule has 4 rings (SSSR count). The Kier molecular flexibility index (Phi) is 6.23. The van der Waals surface area contributed by atoms with Crippen LogP contribution >= 0.6 is 0 Å². The number of rotatable bonds is 6. The Morgan fingerprint density at radius 2 is 1.68 bits per heavy atom. The first kappa shape index (κ1) is 21.3. The SMILES string of the molecule is CCc1cnc(N2CCC(Oc3cccc(-c4ccc(S(C)(=O)=O)cc4)c3)CC2)nc1. The van der Waals surface area contributed by atoms with Crippen LogP contribution in [0.5, 0.6) is 5.75 Å². The van der Waals surface area contributed by atoms with Crippen LogP contribution in [0.2, 0.25) is 0 Å². The van der Waals surface area contributed by atoms with E-state index < -0.39 is 9.84 Å². The Morgan fingerprint density at radius 1 is 1.00 bits per heavy atom. The van der Waals surface area contributed by atoms with Gasteiger partial charge in [-0.25, -0.2) is 18.4 Å². The van der Waals surface area contributed by atoms with Gasteiger partial charge < -0.3 is 9.64 Å². The molecule has 1 saturated heterocycles. The highest BCUT2D eigenvalue weighted by Gasteiger charge is 2.22. The van der Waals surface area contributed by atoms with Crippen LogP contribution in [0.3, 0.4) is 0 Å². The molecular weight excluding hydrogens is 410 g/mol. The highest BCUT2D eigenvalue weighted by Crippen LogP contribution is 2.27. The van der Waals surface area contributed by atoms with Crippen molar-refractivity contribution >= 4 is 15.8 Å². The van der Waals surface area contributed by atoms with Crippen molar-refractivity contribution in [3.05, 3.63) is 66.5 Å². The van der Waals surface area contributed by atoms with E-state index in [0.29, 0.717) is 4.90 Å². The number of ether oxygens (including phenoxy) is 1. The third-order valence-corrected chi connectivity index (χ3v) is 6.71. The van der Waals surface area contributed by atoms with Crippen molar-refractivity contribution in [2.45, 2.75) is 37.2 Å². The molecule has 2 heterocycles. The van der Waals surface area contributed by atoms with Gasteiger partial charge in [-0.1, -0.05) is 31.2 Å². The molecule has 1 aliphatic heterocycles. The van der Waals surface area contributed by atoms with Gasteiger partial charge in [-0.15, -0.1) is 0 Å². The molecule has 0 atom stereocenters. The summed E-state index contributed by atoms with van der Waals surface area (Å²) >= 11 is 0. The molecule has 0 aliphatic carbocycles. The van der Waals surface area contributed by atoms with Gasteiger partial charge in [-0.2, -0.15) is 0 Å². The van der Waals surface area contributed by atoms with Crippen LogP contribution in [-0.2, 0) is 16.3 Å². The number of hydrogen-bond donors (Lipinski definition) is 0. The molecule has 2 aromatic carbocycles. The average molecular weight is 438 g/mol. The minimum Gasteiger partial charge on any atom is -0.490 e. The van der Waals surface area contributed by atoms with Crippen molar-refractivity contribution in [1.29, 1.82) is 0 Å². The monoisotopic (exact) mass is 437 g/mol. The molecule has 31 heavy (non-hydrogen) atoms. The second-order valence-corrected chi connectivity index (χ2v) is 9.89. The summed E-state index contributed by atoms with van der Waals surface area (Å²) in [6.07, 6.45) is 7.93. The van der Waals surface area contributed by atoms with Gasteiger partial charge in [0.15, 0.2) is 9.84 Å². The lowest BCUT2D eigenvalue weighted by molar-refractivity contribution is 0.170. The standard InChI is InChI=1S/C24H27N3O3S/c1-3-18-16-25-24(26-17-18)27-13-11-21(12-14-27)30-22-6-4-5-20(15-22)19-7-9-23(10-8-19)31(2,28)29/h4-10,15-17,21H,3,11-14H2,1-2H3. The Bertz CT molecular complexity index is 1120. The number of hydrogen-bond acceptors (Lipinski definition) is 6. The molecule has 6 nitrogen and oxygen atoms in total. The first-order chi connectivity index (χ1) is 14.9. The molecule has 0 amide bonds. The maximum atomic E-state index is 11.7. The Labute approximate surface area is 183 Å². The summed E-state index contributed by atoms with van der Waals surface area (Å²) in [6.45, 7) is 3.83. The van der Waals surface area contributed by atoms with Crippen molar-refractivity contribution < 1.29 is 13.2 Å². The highest BCUT2D eigenvalue weighted by atomic mass is 32.2. The third kappa shape index (κ3) is 5.22. The summed E-state index contributed by atoms with van der Waals surface area (Å²) in [6, 6.07) is 14.9. The van der Waals surface area contributed by atoms with Gasteiger partial charge >= 0.3 is 0 Å². The summed E-state index contributed by atoms with van der Waals surface area (Å²) < 4.78 is 29.6. The summed E-state index contributed by atoms with van der Waals surface area (Å²) in [5.41, 5.74) is 3.10. The summed E-state index contributed by atoms with van der Waals surface area (Å²) in [5, 5.41) is 0. The predicted octanol–water partition coefficient (Wildman–Crippen LogP) is 4.16. The normalized spacial score (nSPS) is 15.1. The Hall–Kier alpha value is -2.93. The van der Waals surface area contributed by atoms with Crippen LogP contribution in [0, 0.1) is 0 Å². The third-order valence-electron chi connectivity index (χ3n) is 5.58. The van der Waals surface area contributed by atoms with Gasteiger partial charge in [0.2, 0.25) is 5.95 Å². The lowest BCUT2D eigenvalue weighted by Gasteiger charge is -2.32. The molecule has 0 N–H and O–H groups in total. The van der Waals surface area contributed by atoms with E-state index in [1.54, 1.807) is 12.1 Å². The van der Waals surface area contributed by atoms with E-state index >= 15 is 0 Å². The number of aromatic nitrogens is 2. The van der Waals surface area contributed by atoms with Crippen LogP contribution in [-0.4, -0.2) is 43.8 Å². The number of sulfone groups is 1. The molecular formula is C24H27N3O3S. The molecule has 162 valence electrons. The lowest BCUT2D eigenvalue weighted by atomic mass is 10.1. The van der Waals surface area contributed by atoms with Gasteiger partial charge in [0.25, 0.3) is 0 Å². The second-order valence-electron chi connectivity index (χ2n) is 7.87. The van der Waals surface area contributed by atoms with Crippen molar-refractivity contribution in [3.8, 4) is 16.9 Å². The molecule has 0 radical (unpaired) electrons. The zero-order chi connectivity index (χ0) is 21.8. The van der Waals surface area contributed by atoms with Gasteiger partial charge in [0, 0.05) is 44.6 Å². The smallest absolute Gasteiger partial charge is 0.225 e. The van der Waals surface area contributed by atoms with E-state index in [1.165, 1.54) is 6.26 Å². The molecule has 0 unspecified atom stereocenters. The quantitative estimate of drug-likeness (QED) is 0.577. The van der Waals surface area contributed by atoms with Crippen LogP contribution in [0.4, 0.5) is 5.95 Å². The van der Waals surface area contributed by atoms with Crippen molar-refractivity contribution in [1.82, 2.24) is 9.97 Å². The maximum Gasteiger partial charge on any atom is 0.225 e. The molecule has 0 saturated carbocycles. The van der Waals surface area contributed by atoms with Crippen molar-refractivity contribution in [2.75, 3.05) is 24.2 Å². The topological polar surface area (TPSA) is 72.4 Å². The minimum absolute atomic E-state index is 0.147. The fraction of sp³-hybridized carbons (Fsp3) is 0.333. The van der Waals surface area contributed by atoms with E-state index in [0.717, 1.165) is 60.7 Å². The number of aryl methyl sites for hydroxylation is 1. The van der Waals surface area contributed by atoms with Gasteiger partial charge in [0.1, 0.15) is 11.9 Å². The average Bonchev–Trinajstić information content (AvgIpc) is 2.79. The number of piperidine rings is 1. The summed E-state index contributed by atoms with van der Waals surface area (Å²) in [4.78, 5) is 11.5. The zero-order valence-electron chi connectivity index (χ0n) is 17.9. The van der Waals surface area contributed by atoms with Gasteiger partial charge in [-0.05, 0) is 47.4 Å². The fourth-order valence-corrected chi connectivity index (χ4v) is 4.33. The second kappa shape index (κ2) is 9.06. The fourth-order valence-electron chi connectivity index (χ4n) is 3.70. The molecule has 1 fully saturated rings. The van der Waals surface area contributed by atoms with Gasteiger partial charge in [0.05, 0.1) is 4.90 Å².